The first-order valence-corrected chi connectivity index (χ1v) is 10.7. The average molecular weight is 434 g/mol. The van der Waals surface area contributed by atoms with Gasteiger partial charge in [-0.2, -0.15) is 0 Å². The molecule has 0 aliphatic carbocycles. The summed E-state index contributed by atoms with van der Waals surface area (Å²) in [5, 5.41) is 0. The molecule has 0 radical (unpaired) electrons. The molecule has 0 atom stereocenters. The summed E-state index contributed by atoms with van der Waals surface area (Å²) in [5.41, 5.74) is 4.67. The van der Waals surface area contributed by atoms with Crippen LogP contribution in [0.1, 0.15) is 23.7 Å². The zero-order valence-electron chi connectivity index (χ0n) is 18.4. The lowest BCUT2D eigenvalue weighted by molar-refractivity contribution is -0.221. The van der Waals surface area contributed by atoms with Crippen LogP contribution < -0.4 is 4.74 Å². The van der Waals surface area contributed by atoms with E-state index in [9.17, 15) is 4.79 Å². The highest BCUT2D eigenvalue weighted by Crippen LogP contribution is 2.34. The van der Waals surface area contributed by atoms with E-state index in [0.717, 1.165) is 33.7 Å². The molecule has 0 N–H and O–H groups in total. The molecule has 1 aliphatic rings. The van der Waals surface area contributed by atoms with Crippen LogP contribution >= 0.6 is 0 Å². The molecule has 166 valence electrons. The molecule has 2 heterocycles. The number of ether oxygens (including phenoxy) is 4. The average Bonchev–Trinajstić information content (AvgIpc) is 2.78. The third-order valence-corrected chi connectivity index (χ3v) is 5.47. The van der Waals surface area contributed by atoms with E-state index in [4.69, 9.17) is 18.9 Å². The van der Waals surface area contributed by atoms with Gasteiger partial charge in [0.05, 0.1) is 19.8 Å². The minimum absolute atomic E-state index is 0.0950. The quantitative estimate of drug-likeness (QED) is 0.465. The molecular formula is C26H27NO5. The Morgan fingerprint density at radius 1 is 1.09 bits per heavy atom. The van der Waals surface area contributed by atoms with Crippen molar-refractivity contribution in [2.45, 2.75) is 26.1 Å². The van der Waals surface area contributed by atoms with E-state index in [1.54, 1.807) is 13.1 Å². The number of nitrogens with zero attached hydrogens (tertiary/aromatic N) is 1. The summed E-state index contributed by atoms with van der Waals surface area (Å²) in [4.78, 5) is 16.0. The van der Waals surface area contributed by atoms with E-state index < -0.39 is 5.60 Å². The maximum atomic E-state index is 11.7. The molecule has 0 amide bonds. The van der Waals surface area contributed by atoms with Gasteiger partial charge >= 0.3 is 5.97 Å². The zero-order chi connectivity index (χ0) is 22.4. The van der Waals surface area contributed by atoms with Crippen molar-refractivity contribution in [1.29, 1.82) is 0 Å². The van der Waals surface area contributed by atoms with Gasteiger partial charge in [0, 0.05) is 17.5 Å². The van der Waals surface area contributed by atoms with Crippen LogP contribution in [0, 0.1) is 6.92 Å². The van der Waals surface area contributed by atoms with Crippen molar-refractivity contribution in [3.8, 4) is 16.9 Å². The maximum Gasteiger partial charge on any atom is 0.332 e. The molecule has 0 bridgehead atoms. The molecule has 32 heavy (non-hydrogen) atoms. The van der Waals surface area contributed by atoms with Gasteiger partial charge in [-0.25, -0.2) is 4.79 Å². The summed E-state index contributed by atoms with van der Waals surface area (Å²) in [7, 11) is 0. The zero-order valence-corrected chi connectivity index (χ0v) is 18.4. The van der Waals surface area contributed by atoms with Crippen LogP contribution in [0.25, 0.3) is 11.1 Å². The molecule has 6 heteroatoms. The topological polar surface area (TPSA) is 66.9 Å². The van der Waals surface area contributed by atoms with Crippen LogP contribution in [-0.2, 0) is 31.2 Å². The molecule has 0 spiro atoms. The van der Waals surface area contributed by atoms with Crippen molar-refractivity contribution >= 4 is 5.97 Å². The van der Waals surface area contributed by atoms with Gasteiger partial charge < -0.3 is 18.9 Å². The molecule has 1 fully saturated rings. The first kappa shape index (κ1) is 22.0. The largest absolute Gasteiger partial charge is 0.489 e. The third kappa shape index (κ3) is 4.98. The molecule has 0 unspecified atom stereocenters. The number of pyridine rings is 1. The van der Waals surface area contributed by atoms with Gasteiger partial charge in [0.25, 0.3) is 0 Å². The molecule has 0 saturated carbocycles. The minimum atomic E-state index is -0.610. The van der Waals surface area contributed by atoms with E-state index in [1.165, 1.54) is 0 Å². The second-order valence-corrected chi connectivity index (χ2v) is 7.73. The highest BCUT2D eigenvalue weighted by atomic mass is 16.6. The van der Waals surface area contributed by atoms with E-state index in [0.29, 0.717) is 26.4 Å². The fourth-order valence-corrected chi connectivity index (χ4v) is 3.66. The Hall–Kier alpha value is -3.22. The van der Waals surface area contributed by atoms with Gasteiger partial charge in [-0.05, 0) is 54.8 Å². The summed E-state index contributed by atoms with van der Waals surface area (Å²) in [6.07, 6.45) is 1.80. The second kappa shape index (κ2) is 9.94. The Morgan fingerprint density at radius 3 is 2.59 bits per heavy atom. The second-order valence-electron chi connectivity index (χ2n) is 7.73. The summed E-state index contributed by atoms with van der Waals surface area (Å²) < 4.78 is 22.2. The van der Waals surface area contributed by atoms with Crippen LogP contribution in [0.4, 0.5) is 0 Å². The summed E-state index contributed by atoms with van der Waals surface area (Å²) in [6.45, 7) is 5.30. The normalized spacial score (nSPS) is 14.4. The SMILES string of the molecule is CCOC(=O)COC1(c2ccc(OCc3cccc(-c4cccnc4C)c3)cc2)COC1. The van der Waals surface area contributed by atoms with E-state index in [-0.39, 0.29) is 12.6 Å². The Kier molecular flexibility index (Phi) is 6.83. The highest BCUT2D eigenvalue weighted by Gasteiger charge is 2.42. The van der Waals surface area contributed by atoms with E-state index in [1.807, 2.05) is 49.4 Å². The Balaban J connectivity index is 1.39. The lowest BCUT2D eigenvalue weighted by Gasteiger charge is -2.41. The smallest absolute Gasteiger partial charge is 0.332 e. The first-order valence-electron chi connectivity index (χ1n) is 10.7. The molecule has 1 aliphatic heterocycles. The fourth-order valence-electron chi connectivity index (χ4n) is 3.66. The summed E-state index contributed by atoms with van der Waals surface area (Å²) in [5.74, 6) is 0.389. The van der Waals surface area contributed by atoms with Gasteiger partial charge in [-0.3, -0.25) is 4.98 Å². The number of carbonyl (C=O) groups is 1. The third-order valence-electron chi connectivity index (χ3n) is 5.47. The van der Waals surface area contributed by atoms with Crippen LogP contribution in [0.5, 0.6) is 5.75 Å². The van der Waals surface area contributed by atoms with Gasteiger partial charge in [-0.1, -0.05) is 36.4 Å². The lowest BCUT2D eigenvalue weighted by atomic mass is 9.91. The van der Waals surface area contributed by atoms with Crippen LogP contribution in [0.2, 0.25) is 0 Å². The van der Waals surface area contributed by atoms with Crippen LogP contribution in [0.15, 0.2) is 66.9 Å². The number of esters is 1. The van der Waals surface area contributed by atoms with Crippen LogP contribution in [0.3, 0.4) is 0 Å². The predicted molar refractivity (Wildman–Crippen MR) is 120 cm³/mol. The van der Waals surface area contributed by atoms with Crippen molar-refractivity contribution in [1.82, 2.24) is 4.98 Å². The Morgan fingerprint density at radius 2 is 1.91 bits per heavy atom. The Labute approximate surface area is 188 Å². The van der Waals surface area contributed by atoms with Crippen molar-refractivity contribution < 1.29 is 23.7 Å². The standard InChI is InChI=1S/C26H27NO5/c1-3-30-25(28)16-32-26(17-29-18-26)22-9-11-23(12-10-22)31-15-20-6-4-7-21(14-20)24-8-5-13-27-19(24)2/h4-14H,3,15-18H2,1-2H3. The maximum absolute atomic E-state index is 11.7. The number of carbonyl (C=O) groups excluding carboxylic acids is 1. The lowest BCUT2D eigenvalue weighted by Crippen LogP contribution is -2.49. The van der Waals surface area contributed by atoms with Crippen molar-refractivity contribution in [3.63, 3.8) is 0 Å². The van der Waals surface area contributed by atoms with Gasteiger partial charge in [0.2, 0.25) is 0 Å². The molecular weight excluding hydrogens is 406 g/mol. The molecule has 4 rings (SSSR count). The summed E-state index contributed by atoms with van der Waals surface area (Å²) >= 11 is 0. The summed E-state index contributed by atoms with van der Waals surface area (Å²) in [6, 6.07) is 20.1. The number of rotatable bonds is 9. The monoisotopic (exact) mass is 433 g/mol. The minimum Gasteiger partial charge on any atom is -0.489 e. The number of benzene rings is 2. The van der Waals surface area contributed by atoms with E-state index >= 15 is 0 Å². The van der Waals surface area contributed by atoms with Crippen LogP contribution in [-0.4, -0.2) is 37.4 Å². The van der Waals surface area contributed by atoms with Crippen molar-refractivity contribution in [2.75, 3.05) is 26.4 Å². The fraction of sp³-hybridized carbons (Fsp3) is 0.308. The van der Waals surface area contributed by atoms with E-state index in [2.05, 4.69) is 23.2 Å². The number of hydrogen-bond acceptors (Lipinski definition) is 6. The number of aryl methyl sites for hydroxylation is 1. The van der Waals surface area contributed by atoms with Gasteiger partial charge in [0.15, 0.2) is 0 Å². The predicted octanol–water partition coefficient (Wildman–Crippen LogP) is 4.44. The molecule has 6 nitrogen and oxygen atoms in total. The first-order chi connectivity index (χ1) is 15.6. The molecule has 1 saturated heterocycles. The number of aromatic nitrogens is 1. The van der Waals surface area contributed by atoms with Gasteiger partial charge in [-0.15, -0.1) is 0 Å². The van der Waals surface area contributed by atoms with Crippen molar-refractivity contribution in [2.24, 2.45) is 0 Å². The molecule has 2 aromatic carbocycles. The molecule has 3 aromatic rings. The van der Waals surface area contributed by atoms with Crippen molar-refractivity contribution in [3.05, 3.63) is 83.7 Å². The Bertz CT molecular complexity index is 1060. The highest BCUT2D eigenvalue weighted by molar-refractivity contribution is 5.70. The van der Waals surface area contributed by atoms with Gasteiger partial charge in [0.1, 0.15) is 24.6 Å². The molecule has 1 aromatic heterocycles. The number of hydrogen-bond donors (Lipinski definition) is 0.